The lowest BCUT2D eigenvalue weighted by molar-refractivity contribution is 0.00933. The van der Waals surface area contributed by atoms with Gasteiger partial charge in [-0.2, -0.15) is 5.10 Å². The quantitative estimate of drug-likeness (QED) is 0.598. The molecule has 0 radical (unpaired) electrons. The van der Waals surface area contributed by atoms with Crippen molar-refractivity contribution in [3.63, 3.8) is 0 Å². The Labute approximate surface area is 192 Å². The van der Waals surface area contributed by atoms with Crippen molar-refractivity contribution in [2.75, 3.05) is 20.3 Å². The topological polar surface area (TPSA) is 85.6 Å². The number of carbonyl (C=O) groups is 1. The van der Waals surface area contributed by atoms with Crippen molar-refractivity contribution in [2.45, 2.75) is 72.4 Å². The van der Waals surface area contributed by atoms with Crippen LogP contribution in [0.5, 0.6) is 5.88 Å². The summed E-state index contributed by atoms with van der Waals surface area (Å²) in [6, 6.07) is 0.0613. The molecule has 1 amide bonds. The Kier molecular flexibility index (Phi) is 8.04. The second kappa shape index (κ2) is 10.4. The molecule has 5 atom stereocenters. The van der Waals surface area contributed by atoms with Crippen molar-refractivity contribution in [2.24, 2.45) is 29.1 Å². The molecule has 7 heteroatoms. The molecule has 2 bridgehead atoms. The minimum atomic E-state index is -0.251. The van der Waals surface area contributed by atoms with Gasteiger partial charge in [0.25, 0.3) is 5.91 Å². The molecular weight excluding hydrogens is 406 g/mol. The molecule has 2 aliphatic carbocycles. The van der Waals surface area contributed by atoms with Crippen molar-refractivity contribution >= 4 is 12.1 Å². The lowest BCUT2D eigenvalue weighted by Gasteiger charge is -2.45. The van der Waals surface area contributed by atoms with E-state index in [-0.39, 0.29) is 23.5 Å². The minimum absolute atomic E-state index is 0.0613. The van der Waals surface area contributed by atoms with Gasteiger partial charge in [0.2, 0.25) is 5.88 Å². The third-order valence-corrected chi connectivity index (χ3v) is 6.67. The van der Waals surface area contributed by atoms with Crippen LogP contribution >= 0.6 is 0 Å². The third kappa shape index (κ3) is 6.13. The van der Waals surface area contributed by atoms with Gasteiger partial charge in [-0.15, -0.1) is 0 Å². The largest absolute Gasteiger partial charge is 0.477 e. The molecule has 0 aromatic carbocycles. The van der Waals surface area contributed by atoms with Crippen LogP contribution in [0.25, 0.3) is 6.20 Å². The Balaban J connectivity index is 1.80. The number of aromatic nitrogens is 2. The zero-order valence-electron chi connectivity index (χ0n) is 20.5. The summed E-state index contributed by atoms with van der Waals surface area (Å²) in [5.41, 5.74) is 0.277. The van der Waals surface area contributed by atoms with E-state index in [2.05, 4.69) is 45.0 Å². The molecule has 3 unspecified atom stereocenters. The van der Waals surface area contributed by atoms with E-state index < -0.39 is 0 Å². The molecule has 0 aliphatic heterocycles. The molecule has 1 aromatic rings. The van der Waals surface area contributed by atoms with E-state index in [1.165, 1.54) is 0 Å². The Morgan fingerprint density at radius 1 is 1.34 bits per heavy atom. The molecule has 2 N–H and O–H groups in total. The molecule has 0 spiro atoms. The first-order valence-electron chi connectivity index (χ1n) is 12.0. The van der Waals surface area contributed by atoms with Crippen LogP contribution in [-0.2, 0) is 4.74 Å². The van der Waals surface area contributed by atoms with Crippen molar-refractivity contribution in [3.8, 4) is 5.88 Å². The maximum atomic E-state index is 13.3. The summed E-state index contributed by atoms with van der Waals surface area (Å²) in [7, 11) is 1.68. The highest BCUT2D eigenvalue weighted by molar-refractivity contribution is 5.96. The van der Waals surface area contributed by atoms with Gasteiger partial charge in [-0.05, 0) is 49.4 Å². The number of aliphatic hydroxyl groups is 1. The Bertz CT molecular complexity index is 797. The van der Waals surface area contributed by atoms with Gasteiger partial charge in [0.1, 0.15) is 5.56 Å². The fourth-order valence-electron chi connectivity index (χ4n) is 5.26. The van der Waals surface area contributed by atoms with E-state index >= 15 is 0 Å². The van der Waals surface area contributed by atoms with Crippen molar-refractivity contribution in [3.05, 3.63) is 17.8 Å². The number of amides is 1. The van der Waals surface area contributed by atoms with Crippen LogP contribution in [0.15, 0.2) is 12.3 Å². The molecule has 3 rings (SSSR count). The number of fused-ring (bicyclic) bond motifs is 2. The number of hydrogen-bond acceptors (Lipinski definition) is 5. The molecular formula is C25H41N3O4. The minimum Gasteiger partial charge on any atom is -0.477 e. The Morgan fingerprint density at radius 3 is 2.78 bits per heavy atom. The number of carbonyl (C=O) groups excluding carboxylic acids is 1. The summed E-state index contributed by atoms with van der Waals surface area (Å²) < 4.78 is 13.0. The van der Waals surface area contributed by atoms with Gasteiger partial charge < -0.3 is 19.9 Å². The van der Waals surface area contributed by atoms with Crippen molar-refractivity contribution < 1.29 is 19.4 Å². The van der Waals surface area contributed by atoms with Crippen molar-refractivity contribution in [1.82, 2.24) is 15.1 Å². The molecule has 7 nitrogen and oxygen atoms in total. The molecule has 2 fully saturated rings. The number of methoxy groups -OCH3 is 1. The van der Waals surface area contributed by atoms with Gasteiger partial charge in [0.05, 0.1) is 25.5 Å². The lowest BCUT2D eigenvalue weighted by Crippen LogP contribution is -2.51. The summed E-state index contributed by atoms with van der Waals surface area (Å²) in [5, 5.41) is 17.9. The Morgan fingerprint density at radius 2 is 2.09 bits per heavy atom. The van der Waals surface area contributed by atoms with E-state index in [4.69, 9.17) is 9.47 Å². The van der Waals surface area contributed by atoms with E-state index in [1.54, 1.807) is 18.0 Å². The van der Waals surface area contributed by atoms with Gasteiger partial charge in [-0.1, -0.05) is 40.7 Å². The number of nitrogens with one attached hydrogen (secondary N) is 1. The van der Waals surface area contributed by atoms with Crippen LogP contribution in [0.1, 0.15) is 70.7 Å². The van der Waals surface area contributed by atoms with Crippen LogP contribution in [0, 0.1) is 29.1 Å². The monoisotopic (exact) mass is 447 g/mol. The fraction of sp³-hybridized carbons (Fsp3) is 0.760. The van der Waals surface area contributed by atoms with Gasteiger partial charge in [0.15, 0.2) is 0 Å². The number of hydrogen-bond donors (Lipinski definition) is 2. The smallest absolute Gasteiger partial charge is 0.258 e. The molecule has 180 valence electrons. The summed E-state index contributed by atoms with van der Waals surface area (Å²) in [6.45, 7) is 11.6. The average Bonchev–Trinajstić information content (AvgIpc) is 3.10. The summed E-state index contributed by atoms with van der Waals surface area (Å²) >= 11 is 0. The highest BCUT2D eigenvalue weighted by Crippen LogP contribution is 2.43. The normalized spacial score (nSPS) is 28.3. The highest BCUT2D eigenvalue weighted by atomic mass is 16.5. The van der Waals surface area contributed by atoms with Crippen LogP contribution < -0.4 is 10.1 Å². The molecule has 2 aliphatic rings. The molecule has 32 heavy (non-hydrogen) atoms. The zero-order valence-corrected chi connectivity index (χ0v) is 20.5. The van der Waals surface area contributed by atoms with Crippen molar-refractivity contribution in [1.29, 1.82) is 0 Å². The van der Waals surface area contributed by atoms with Crippen LogP contribution in [0.3, 0.4) is 0 Å². The number of ether oxygens (including phenoxy) is 2. The van der Waals surface area contributed by atoms with Gasteiger partial charge >= 0.3 is 0 Å². The second-order valence-electron chi connectivity index (χ2n) is 10.9. The van der Waals surface area contributed by atoms with E-state index in [1.807, 2.05) is 12.3 Å². The van der Waals surface area contributed by atoms with E-state index in [0.717, 1.165) is 25.7 Å². The number of rotatable bonds is 9. The fourth-order valence-corrected chi connectivity index (χ4v) is 5.26. The Hall–Kier alpha value is -1.86. The summed E-state index contributed by atoms with van der Waals surface area (Å²) in [4.78, 5) is 13.3. The van der Waals surface area contributed by atoms with Gasteiger partial charge in [0, 0.05) is 24.8 Å². The second-order valence-corrected chi connectivity index (χ2v) is 10.9. The van der Waals surface area contributed by atoms with Crippen LogP contribution in [-0.4, -0.2) is 53.3 Å². The molecule has 0 saturated heterocycles. The third-order valence-electron chi connectivity index (χ3n) is 6.67. The predicted octanol–water partition coefficient (Wildman–Crippen LogP) is 3.98. The molecule has 1 heterocycles. The SMILES string of the molecule is COCC(C)(C)/C=C/n1ncc(C(=O)N[C@@H]2C(C)CC3CC2C[C@@H](O)C3)c1OCC(C)C. The summed E-state index contributed by atoms with van der Waals surface area (Å²) in [6.07, 6.45) is 8.98. The predicted molar refractivity (Wildman–Crippen MR) is 125 cm³/mol. The van der Waals surface area contributed by atoms with Crippen LogP contribution in [0.4, 0.5) is 0 Å². The highest BCUT2D eigenvalue weighted by Gasteiger charge is 2.41. The van der Waals surface area contributed by atoms with Crippen LogP contribution in [0.2, 0.25) is 0 Å². The van der Waals surface area contributed by atoms with E-state index in [0.29, 0.717) is 48.3 Å². The van der Waals surface area contributed by atoms with E-state index in [9.17, 15) is 9.90 Å². The zero-order chi connectivity index (χ0) is 23.5. The van der Waals surface area contributed by atoms with Gasteiger partial charge in [-0.25, -0.2) is 4.68 Å². The summed E-state index contributed by atoms with van der Waals surface area (Å²) in [5.74, 6) is 1.91. The maximum Gasteiger partial charge on any atom is 0.258 e. The van der Waals surface area contributed by atoms with Gasteiger partial charge in [-0.3, -0.25) is 4.79 Å². The first-order chi connectivity index (χ1) is 15.1. The first kappa shape index (κ1) is 24.8. The maximum absolute atomic E-state index is 13.3. The molecule has 2 saturated carbocycles. The first-order valence-corrected chi connectivity index (χ1v) is 12.0. The lowest BCUT2D eigenvalue weighted by atomic mass is 9.65. The average molecular weight is 448 g/mol. The number of nitrogens with zero attached hydrogens (tertiary/aromatic N) is 2. The molecule has 1 aromatic heterocycles. The standard InChI is InChI=1S/C25H41N3O4/c1-16(2)14-32-24-21(13-26-28(24)8-7-25(4,5)15-31-6)23(30)27-22-17(3)9-18-10-19(22)12-20(29)11-18/h7-8,13,16-20,22,29H,9-12,14-15H2,1-6H3,(H,27,30)/b8-7+/t17?,18?,19?,20-,22+/m0/s1. The number of aliphatic hydroxyl groups excluding tert-OH is 1.